The summed E-state index contributed by atoms with van der Waals surface area (Å²) in [6, 6.07) is 0. The van der Waals surface area contributed by atoms with Crippen LogP contribution in [-0.4, -0.2) is 21.3 Å². The molecule has 0 amide bonds. The summed E-state index contributed by atoms with van der Waals surface area (Å²) in [6.45, 7) is 0.618. The van der Waals surface area contributed by atoms with Crippen LogP contribution in [0.5, 0.6) is 0 Å². The van der Waals surface area contributed by atoms with Gasteiger partial charge in [-0.2, -0.15) is 16.9 Å². The summed E-state index contributed by atoms with van der Waals surface area (Å²) >= 11 is 2.05. The summed E-state index contributed by atoms with van der Waals surface area (Å²) in [4.78, 5) is 0. The van der Waals surface area contributed by atoms with Gasteiger partial charge in [0.15, 0.2) is 0 Å². The van der Waals surface area contributed by atoms with Gasteiger partial charge < -0.3 is 5.73 Å². The second-order valence-corrected chi connectivity index (χ2v) is 4.99. The van der Waals surface area contributed by atoms with Gasteiger partial charge in [0.05, 0.1) is 6.20 Å². The standard InChI is InChI=1S/C10H17N3S/c1-13-10(9(6-11)7-12-13)8-2-4-14-5-3-8/h7-8H,2-6,11H2,1H3. The number of nitrogens with two attached hydrogens (primary N) is 1. The molecule has 0 saturated carbocycles. The summed E-state index contributed by atoms with van der Waals surface area (Å²) < 4.78 is 2.00. The van der Waals surface area contributed by atoms with E-state index in [0.29, 0.717) is 12.5 Å². The molecule has 2 rings (SSSR count). The molecule has 1 fully saturated rings. The topological polar surface area (TPSA) is 43.8 Å². The number of aromatic nitrogens is 2. The molecular weight excluding hydrogens is 194 g/mol. The maximum absolute atomic E-state index is 5.71. The van der Waals surface area contributed by atoms with Gasteiger partial charge in [0.25, 0.3) is 0 Å². The Balaban J connectivity index is 2.23. The zero-order chi connectivity index (χ0) is 9.97. The Hall–Kier alpha value is -0.480. The fourth-order valence-corrected chi connectivity index (χ4v) is 3.25. The van der Waals surface area contributed by atoms with Gasteiger partial charge in [-0.1, -0.05) is 0 Å². The molecule has 0 atom stereocenters. The van der Waals surface area contributed by atoms with Crippen LogP contribution in [0.15, 0.2) is 6.20 Å². The van der Waals surface area contributed by atoms with Crippen LogP contribution in [0.4, 0.5) is 0 Å². The van der Waals surface area contributed by atoms with Gasteiger partial charge >= 0.3 is 0 Å². The largest absolute Gasteiger partial charge is 0.326 e. The lowest BCUT2D eigenvalue weighted by Crippen LogP contribution is -2.14. The van der Waals surface area contributed by atoms with Gasteiger partial charge in [-0.15, -0.1) is 0 Å². The molecule has 0 unspecified atom stereocenters. The van der Waals surface area contributed by atoms with Crippen LogP contribution >= 0.6 is 11.8 Å². The minimum absolute atomic E-state index is 0.618. The zero-order valence-corrected chi connectivity index (χ0v) is 9.39. The molecule has 1 aromatic rings. The minimum Gasteiger partial charge on any atom is -0.326 e. The molecule has 0 radical (unpaired) electrons. The van der Waals surface area contributed by atoms with E-state index < -0.39 is 0 Å². The molecule has 1 saturated heterocycles. The molecule has 14 heavy (non-hydrogen) atoms. The Morgan fingerprint density at radius 2 is 2.29 bits per heavy atom. The van der Waals surface area contributed by atoms with Crippen molar-refractivity contribution in [2.45, 2.75) is 25.3 Å². The lowest BCUT2D eigenvalue weighted by Gasteiger charge is -2.22. The van der Waals surface area contributed by atoms with Gasteiger partial charge in [-0.05, 0) is 24.3 Å². The van der Waals surface area contributed by atoms with E-state index in [0.717, 1.165) is 0 Å². The summed E-state index contributed by atoms with van der Waals surface area (Å²) in [5.74, 6) is 3.24. The third kappa shape index (κ3) is 1.81. The van der Waals surface area contributed by atoms with E-state index in [1.807, 2.05) is 17.9 Å². The van der Waals surface area contributed by atoms with Crippen LogP contribution in [0.2, 0.25) is 0 Å². The predicted molar refractivity (Wildman–Crippen MR) is 60.4 cm³/mol. The molecule has 3 nitrogen and oxygen atoms in total. The van der Waals surface area contributed by atoms with Gasteiger partial charge in [-0.3, -0.25) is 4.68 Å². The quantitative estimate of drug-likeness (QED) is 0.806. The second kappa shape index (κ2) is 4.36. The number of nitrogens with zero attached hydrogens (tertiary/aromatic N) is 2. The van der Waals surface area contributed by atoms with Crippen LogP contribution in [0.1, 0.15) is 30.0 Å². The summed E-state index contributed by atoms with van der Waals surface area (Å²) in [6.07, 6.45) is 4.46. The van der Waals surface area contributed by atoms with Crippen molar-refractivity contribution in [1.29, 1.82) is 0 Å². The number of hydrogen-bond acceptors (Lipinski definition) is 3. The first-order valence-corrected chi connectivity index (χ1v) is 6.27. The number of rotatable bonds is 2. The fraction of sp³-hybridized carbons (Fsp3) is 0.700. The Bertz CT molecular complexity index is 302. The van der Waals surface area contributed by atoms with Crippen molar-refractivity contribution in [3.63, 3.8) is 0 Å². The van der Waals surface area contributed by atoms with E-state index in [-0.39, 0.29) is 0 Å². The highest BCUT2D eigenvalue weighted by Gasteiger charge is 2.21. The van der Waals surface area contributed by atoms with Crippen LogP contribution < -0.4 is 5.73 Å². The van der Waals surface area contributed by atoms with Crippen LogP contribution in [0, 0.1) is 0 Å². The molecule has 1 aliphatic heterocycles. The molecule has 2 heterocycles. The third-order valence-corrected chi connectivity index (χ3v) is 3.94. The van der Waals surface area contributed by atoms with Crippen molar-refractivity contribution in [2.24, 2.45) is 12.8 Å². The highest BCUT2D eigenvalue weighted by Crippen LogP contribution is 2.32. The average molecular weight is 211 g/mol. The van der Waals surface area contributed by atoms with Crippen molar-refractivity contribution in [3.05, 3.63) is 17.5 Å². The molecule has 0 bridgehead atoms. The molecule has 1 aliphatic rings. The maximum Gasteiger partial charge on any atom is 0.0537 e. The first kappa shape index (κ1) is 10.1. The predicted octanol–water partition coefficient (Wildman–Crippen LogP) is 1.49. The number of hydrogen-bond donors (Lipinski definition) is 1. The van der Waals surface area contributed by atoms with Crippen molar-refractivity contribution >= 4 is 11.8 Å². The van der Waals surface area contributed by atoms with Crippen molar-refractivity contribution in [3.8, 4) is 0 Å². The van der Waals surface area contributed by atoms with Crippen molar-refractivity contribution in [2.75, 3.05) is 11.5 Å². The lowest BCUT2D eigenvalue weighted by molar-refractivity contribution is 0.565. The van der Waals surface area contributed by atoms with Gasteiger partial charge in [0, 0.05) is 30.8 Å². The number of aryl methyl sites for hydroxylation is 1. The summed E-state index contributed by atoms with van der Waals surface area (Å²) in [7, 11) is 2.02. The molecule has 4 heteroatoms. The average Bonchev–Trinajstić information content (AvgIpc) is 2.61. The van der Waals surface area contributed by atoms with Crippen molar-refractivity contribution < 1.29 is 0 Å². The summed E-state index contributed by atoms with van der Waals surface area (Å²) in [5, 5.41) is 4.29. The first-order chi connectivity index (χ1) is 6.83. The molecular formula is C10H17N3S. The smallest absolute Gasteiger partial charge is 0.0537 e. The monoisotopic (exact) mass is 211 g/mol. The molecule has 78 valence electrons. The Morgan fingerprint density at radius 3 is 2.93 bits per heavy atom. The van der Waals surface area contributed by atoms with Crippen LogP contribution in [-0.2, 0) is 13.6 Å². The molecule has 2 N–H and O–H groups in total. The van der Waals surface area contributed by atoms with E-state index >= 15 is 0 Å². The first-order valence-electron chi connectivity index (χ1n) is 5.11. The summed E-state index contributed by atoms with van der Waals surface area (Å²) in [5.41, 5.74) is 8.31. The highest BCUT2D eigenvalue weighted by molar-refractivity contribution is 7.99. The molecule has 0 aliphatic carbocycles. The SMILES string of the molecule is Cn1ncc(CN)c1C1CCSCC1. The van der Waals surface area contributed by atoms with Crippen LogP contribution in [0.3, 0.4) is 0 Å². The van der Waals surface area contributed by atoms with Crippen molar-refractivity contribution in [1.82, 2.24) is 9.78 Å². The number of thioether (sulfide) groups is 1. The third-order valence-electron chi connectivity index (χ3n) is 2.89. The molecule has 0 spiro atoms. The molecule has 1 aromatic heterocycles. The Morgan fingerprint density at radius 1 is 1.57 bits per heavy atom. The van der Waals surface area contributed by atoms with Crippen LogP contribution in [0.25, 0.3) is 0 Å². The van der Waals surface area contributed by atoms with Gasteiger partial charge in [0.2, 0.25) is 0 Å². The lowest BCUT2D eigenvalue weighted by atomic mass is 9.95. The molecule has 0 aromatic carbocycles. The second-order valence-electron chi connectivity index (χ2n) is 3.77. The van der Waals surface area contributed by atoms with E-state index in [9.17, 15) is 0 Å². The zero-order valence-electron chi connectivity index (χ0n) is 8.57. The van der Waals surface area contributed by atoms with E-state index in [1.54, 1.807) is 0 Å². The van der Waals surface area contributed by atoms with Gasteiger partial charge in [0.1, 0.15) is 0 Å². The van der Waals surface area contributed by atoms with E-state index in [2.05, 4.69) is 16.9 Å². The highest BCUT2D eigenvalue weighted by atomic mass is 32.2. The normalized spacial score (nSPS) is 18.7. The Labute approximate surface area is 89.1 Å². The van der Waals surface area contributed by atoms with E-state index in [1.165, 1.54) is 35.6 Å². The maximum atomic E-state index is 5.71. The van der Waals surface area contributed by atoms with Gasteiger partial charge in [-0.25, -0.2) is 0 Å². The Kier molecular flexibility index (Phi) is 3.13. The fourth-order valence-electron chi connectivity index (χ4n) is 2.15. The minimum atomic E-state index is 0.618. The van der Waals surface area contributed by atoms with E-state index in [4.69, 9.17) is 5.73 Å².